The van der Waals surface area contributed by atoms with E-state index in [2.05, 4.69) is 31.7 Å². The van der Waals surface area contributed by atoms with E-state index in [1.165, 1.54) is 31.7 Å². The van der Waals surface area contributed by atoms with Crippen molar-refractivity contribution in [2.75, 3.05) is 13.1 Å². The van der Waals surface area contributed by atoms with Crippen LogP contribution in [0.2, 0.25) is 0 Å². The van der Waals surface area contributed by atoms with Crippen LogP contribution in [-0.4, -0.2) is 23.5 Å². The molecule has 2 rings (SSSR count). The minimum Gasteiger partial charge on any atom is -0.469 e. The monoisotopic (exact) mass is 207 g/mol. The first-order chi connectivity index (χ1) is 7.07. The number of hydrogen-bond donors (Lipinski definition) is 0. The van der Waals surface area contributed by atoms with Gasteiger partial charge < -0.3 is 4.42 Å². The largest absolute Gasteiger partial charge is 0.469 e. The van der Waals surface area contributed by atoms with Crippen LogP contribution >= 0.6 is 0 Å². The van der Waals surface area contributed by atoms with Gasteiger partial charge in [-0.05, 0) is 58.8 Å². The molecule has 0 bridgehead atoms. The second-order valence-corrected chi connectivity index (χ2v) is 5.45. The predicted octanol–water partition coefficient (Wildman–Crippen LogP) is 3.26. The lowest BCUT2D eigenvalue weighted by Crippen LogP contribution is -2.45. The van der Waals surface area contributed by atoms with E-state index in [9.17, 15) is 0 Å². The SMILES string of the molecule is CC(C)(C)N1CCC(c2ccco2)CC1. The smallest absolute Gasteiger partial charge is 0.106 e. The van der Waals surface area contributed by atoms with Crippen molar-refractivity contribution in [2.24, 2.45) is 0 Å². The van der Waals surface area contributed by atoms with Gasteiger partial charge in [0, 0.05) is 11.5 Å². The molecule has 0 aromatic carbocycles. The number of piperidine rings is 1. The molecule has 1 aliphatic rings. The topological polar surface area (TPSA) is 16.4 Å². The summed E-state index contributed by atoms with van der Waals surface area (Å²) in [6.07, 6.45) is 4.24. The Balaban J connectivity index is 1.93. The third-order valence-electron chi connectivity index (χ3n) is 3.39. The van der Waals surface area contributed by atoms with Gasteiger partial charge in [-0.15, -0.1) is 0 Å². The van der Waals surface area contributed by atoms with E-state index in [0.29, 0.717) is 11.5 Å². The first-order valence-corrected chi connectivity index (χ1v) is 5.86. The van der Waals surface area contributed by atoms with E-state index in [1.54, 1.807) is 6.26 Å². The van der Waals surface area contributed by atoms with Crippen molar-refractivity contribution in [3.05, 3.63) is 24.2 Å². The molecular weight excluding hydrogens is 186 g/mol. The van der Waals surface area contributed by atoms with Gasteiger partial charge in [0.1, 0.15) is 5.76 Å². The molecule has 0 aliphatic carbocycles. The molecule has 2 heteroatoms. The molecule has 0 amide bonds. The van der Waals surface area contributed by atoms with Gasteiger partial charge in [-0.3, -0.25) is 4.90 Å². The van der Waals surface area contributed by atoms with Crippen LogP contribution < -0.4 is 0 Å². The summed E-state index contributed by atoms with van der Waals surface area (Å²) in [6.45, 7) is 9.25. The molecule has 1 fully saturated rings. The Kier molecular flexibility index (Phi) is 2.87. The summed E-state index contributed by atoms with van der Waals surface area (Å²) >= 11 is 0. The molecular formula is C13H21NO. The summed E-state index contributed by atoms with van der Waals surface area (Å²) in [6, 6.07) is 4.10. The maximum absolute atomic E-state index is 5.48. The molecule has 0 unspecified atom stereocenters. The predicted molar refractivity (Wildman–Crippen MR) is 62.0 cm³/mol. The minimum absolute atomic E-state index is 0.314. The van der Waals surface area contributed by atoms with Crippen molar-refractivity contribution in [2.45, 2.75) is 45.1 Å². The Bertz CT molecular complexity index is 289. The van der Waals surface area contributed by atoms with Crippen LogP contribution in [0.1, 0.15) is 45.3 Å². The Morgan fingerprint density at radius 1 is 1.27 bits per heavy atom. The van der Waals surface area contributed by atoms with Crippen LogP contribution in [0.5, 0.6) is 0 Å². The molecule has 2 heterocycles. The fraction of sp³-hybridized carbons (Fsp3) is 0.692. The zero-order valence-electron chi connectivity index (χ0n) is 9.99. The van der Waals surface area contributed by atoms with Gasteiger partial charge in [0.25, 0.3) is 0 Å². The van der Waals surface area contributed by atoms with Crippen molar-refractivity contribution in [1.82, 2.24) is 4.90 Å². The molecule has 1 saturated heterocycles. The second kappa shape index (κ2) is 4.01. The molecule has 1 aliphatic heterocycles. The van der Waals surface area contributed by atoms with Gasteiger partial charge in [-0.25, -0.2) is 0 Å². The lowest BCUT2D eigenvalue weighted by Gasteiger charge is -2.40. The van der Waals surface area contributed by atoms with Crippen LogP contribution in [0.25, 0.3) is 0 Å². The van der Waals surface area contributed by atoms with Crippen molar-refractivity contribution in [3.8, 4) is 0 Å². The summed E-state index contributed by atoms with van der Waals surface area (Å²) in [5.41, 5.74) is 0.314. The highest BCUT2D eigenvalue weighted by atomic mass is 16.3. The lowest BCUT2D eigenvalue weighted by atomic mass is 9.91. The molecule has 0 saturated carbocycles. The normalized spacial score (nSPS) is 20.7. The highest BCUT2D eigenvalue weighted by Crippen LogP contribution is 2.30. The average Bonchev–Trinajstić information content (AvgIpc) is 2.69. The first-order valence-electron chi connectivity index (χ1n) is 5.86. The van der Waals surface area contributed by atoms with Crippen LogP contribution in [-0.2, 0) is 0 Å². The minimum atomic E-state index is 0.314. The van der Waals surface area contributed by atoms with Crippen molar-refractivity contribution in [1.29, 1.82) is 0 Å². The lowest BCUT2D eigenvalue weighted by molar-refractivity contribution is 0.0984. The first kappa shape index (κ1) is 10.7. The van der Waals surface area contributed by atoms with Gasteiger partial charge in [0.05, 0.1) is 6.26 Å². The maximum atomic E-state index is 5.48. The zero-order chi connectivity index (χ0) is 10.9. The van der Waals surface area contributed by atoms with Crippen molar-refractivity contribution < 1.29 is 4.42 Å². The summed E-state index contributed by atoms with van der Waals surface area (Å²) < 4.78 is 5.48. The third kappa shape index (κ3) is 2.43. The number of likely N-dealkylation sites (tertiary alicyclic amines) is 1. The van der Waals surface area contributed by atoms with E-state index < -0.39 is 0 Å². The average molecular weight is 207 g/mol. The molecule has 0 N–H and O–H groups in total. The highest BCUT2D eigenvalue weighted by molar-refractivity contribution is 5.06. The Hall–Kier alpha value is -0.760. The Labute approximate surface area is 92.3 Å². The summed E-state index contributed by atoms with van der Waals surface area (Å²) in [7, 11) is 0. The molecule has 0 spiro atoms. The maximum Gasteiger partial charge on any atom is 0.106 e. The van der Waals surface area contributed by atoms with E-state index >= 15 is 0 Å². The van der Waals surface area contributed by atoms with Crippen molar-refractivity contribution in [3.63, 3.8) is 0 Å². The van der Waals surface area contributed by atoms with Crippen LogP contribution in [0, 0.1) is 0 Å². The Morgan fingerprint density at radius 3 is 2.40 bits per heavy atom. The summed E-state index contributed by atoms with van der Waals surface area (Å²) in [5.74, 6) is 1.81. The van der Waals surface area contributed by atoms with Crippen molar-refractivity contribution >= 4 is 0 Å². The fourth-order valence-corrected chi connectivity index (χ4v) is 2.36. The van der Waals surface area contributed by atoms with Gasteiger partial charge >= 0.3 is 0 Å². The molecule has 0 atom stereocenters. The number of furan rings is 1. The molecule has 84 valence electrons. The number of rotatable bonds is 1. The molecule has 0 radical (unpaired) electrons. The van der Waals surface area contributed by atoms with E-state index in [-0.39, 0.29) is 0 Å². The van der Waals surface area contributed by atoms with E-state index in [4.69, 9.17) is 4.42 Å². The summed E-state index contributed by atoms with van der Waals surface area (Å²) in [4.78, 5) is 2.56. The third-order valence-corrected chi connectivity index (χ3v) is 3.39. The van der Waals surface area contributed by atoms with E-state index in [0.717, 1.165) is 0 Å². The van der Waals surface area contributed by atoms with Crippen LogP contribution in [0.4, 0.5) is 0 Å². The van der Waals surface area contributed by atoms with Gasteiger partial charge in [0.15, 0.2) is 0 Å². The van der Waals surface area contributed by atoms with E-state index in [1.807, 2.05) is 6.07 Å². The van der Waals surface area contributed by atoms with Crippen LogP contribution in [0.3, 0.4) is 0 Å². The zero-order valence-corrected chi connectivity index (χ0v) is 9.99. The standard InChI is InChI=1S/C13H21NO/c1-13(2,3)14-8-6-11(7-9-14)12-5-4-10-15-12/h4-5,10-11H,6-9H2,1-3H3. The number of hydrogen-bond acceptors (Lipinski definition) is 2. The number of nitrogens with zero attached hydrogens (tertiary/aromatic N) is 1. The van der Waals surface area contributed by atoms with Gasteiger partial charge in [-0.1, -0.05) is 0 Å². The molecule has 1 aromatic heterocycles. The van der Waals surface area contributed by atoms with Gasteiger partial charge in [-0.2, -0.15) is 0 Å². The second-order valence-electron chi connectivity index (χ2n) is 5.45. The summed E-state index contributed by atoms with van der Waals surface area (Å²) in [5, 5.41) is 0. The van der Waals surface area contributed by atoms with Crippen LogP contribution in [0.15, 0.2) is 22.8 Å². The molecule has 1 aromatic rings. The Morgan fingerprint density at radius 2 is 1.93 bits per heavy atom. The molecule has 2 nitrogen and oxygen atoms in total. The quantitative estimate of drug-likeness (QED) is 0.702. The molecule has 15 heavy (non-hydrogen) atoms. The van der Waals surface area contributed by atoms with Gasteiger partial charge in [0.2, 0.25) is 0 Å². The highest BCUT2D eigenvalue weighted by Gasteiger charge is 2.28. The fourth-order valence-electron chi connectivity index (χ4n) is 2.36.